The average Bonchev–Trinajstić information content (AvgIpc) is 3.10. The van der Waals surface area contributed by atoms with E-state index in [1.54, 1.807) is 23.8 Å². The van der Waals surface area contributed by atoms with Crippen LogP contribution in [-0.4, -0.2) is 16.8 Å². The van der Waals surface area contributed by atoms with Crippen LogP contribution in [0.4, 0.5) is 5.69 Å². The van der Waals surface area contributed by atoms with Crippen molar-refractivity contribution in [2.24, 2.45) is 0 Å². The van der Waals surface area contributed by atoms with Gasteiger partial charge in [0, 0.05) is 34.3 Å². The van der Waals surface area contributed by atoms with Gasteiger partial charge in [-0.2, -0.15) is 0 Å². The maximum atomic E-state index is 12.4. The monoisotopic (exact) mass is 349 g/mol. The molecule has 0 spiro atoms. The average molecular weight is 349 g/mol. The van der Waals surface area contributed by atoms with Gasteiger partial charge in [-0.05, 0) is 29.3 Å². The number of nitrogens with zero attached hydrogens (tertiary/aromatic N) is 1. The number of hydrogen-bond donors (Lipinski definition) is 2. The van der Waals surface area contributed by atoms with E-state index in [2.05, 4.69) is 15.6 Å². The Kier molecular flexibility index (Phi) is 4.03. The molecule has 2 aromatic carbocycles. The van der Waals surface area contributed by atoms with Gasteiger partial charge >= 0.3 is 0 Å². The molecule has 25 heavy (non-hydrogen) atoms. The zero-order valence-electron chi connectivity index (χ0n) is 13.3. The Morgan fingerprint density at radius 1 is 1.20 bits per heavy atom. The molecule has 0 unspecified atom stereocenters. The van der Waals surface area contributed by atoms with Gasteiger partial charge in [-0.1, -0.05) is 24.3 Å². The summed E-state index contributed by atoms with van der Waals surface area (Å²) in [5, 5.41) is 5.79. The lowest BCUT2D eigenvalue weighted by Gasteiger charge is -2.10. The molecule has 3 aromatic rings. The van der Waals surface area contributed by atoms with Crippen molar-refractivity contribution in [1.29, 1.82) is 0 Å². The van der Waals surface area contributed by atoms with Crippen molar-refractivity contribution < 1.29 is 9.59 Å². The Morgan fingerprint density at radius 3 is 2.92 bits per heavy atom. The number of fused-ring (bicyclic) bond motifs is 2. The number of aromatic nitrogens is 1. The van der Waals surface area contributed by atoms with Crippen molar-refractivity contribution in [3.05, 3.63) is 81.3 Å². The van der Waals surface area contributed by atoms with E-state index in [0.717, 1.165) is 16.0 Å². The van der Waals surface area contributed by atoms with Crippen molar-refractivity contribution >= 4 is 28.8 Å². The van der Waals surface area contributed by atoms with E-state index >= 15 is 0 Å². The first-order valence-electron chi connectivity index (χ1n) is 7.88. The molecule has 0 aliphatic carbocycles. The predicted molar refractivity (Wildman–Crippen MR) is 96.9 cm³/mol. The van der Waals surface area contributed by atoms with Gasteiger partial charge in [-0.25, -0.2) is 0 Å². The van der Waals surface area contributed by atoms with E-state index < -0.39 is 0 Å². The van der Waals surface area contributed by atoms with Crippen LogP contribution in [0.2, 0.25) is 0 Å². The molecule has 4 rings (SSSR count). The van der Waals surface area contributed by atoms with Crippen LogP contribution < -0.4 is 10.6 Å². The number of anilines is 1. The topological polar surface area (TPSA) is 71.1 Å². The van der Waals surface area contributed by atoms with E-state index in [9.17, 15) is 9.59 Å². The number of carbonyl (C=O) groups is 2. The van der Waals surface area contributed by atoms with Gasteiger partial charge in [-0.3, -0.25) is 14.6 Å². The van der Waals surface area contributed by atoms with Gasteiger partial charge in [0.2, 0.25) is 0 Å². The molecule has 1 aromatic heterocycles. The molecule has 0 bridgehead atoms. The smallest absolute Gasteiger partial charge is 0.255 e. The molecular formula is C19H15N3O2S. The van der Waals surface area contributed by atoms with Crippen LogP contribution in [-0.2, 0) is 13.0 Å². The third-order valence-corrected chi connectivity index (χ3v) is 4.95. The summed E-state index contributed by atoms with van der Waals surface area (Å²) in [5.74, 6) is -0.316. The van der Waals surface area contributed by atoms with Crippen LogP contribution >= 0.6 is 11.3 Å². The van der Waals surface area contributed by atoms with Crippen molar-refractivity contribution in [3.8, 4) is 0 Å². The molecule has 2 amide bonds. The van der Waals surface area contributed by atoms with Crippen LogP contribution in [0.5, 0.6) is 0 Å². The van der Waals surface area contributed by atoms with Crippen molar-refractivity contribution in [1.82, 2.24) is 10.3 Å². The first-order valence-corrected chi connectivity index (χ1v) is 8.76. The molecule has 6 heteroatoms. The fraction of sp³-hybridized carbons (Fsp3) is 0.105. The highest BCUT2D eigenvalue weighted by atomic mass is 32.1. The van der Waals surface area contributed by atoms with Gasteiger partial charge in [-0.15, -0.1) is 11.3 Å². The number of nitrogens with one attached hydrogen (secondary N) is 2. The Balaban J connectivity index is 1.57. The Morgan fingerprint density at radius 2 is 2.08 bits per heavy atom. The molecule has 2 N–H and O–H groups in total. The summed E-state index contributed by atoms with van der Waals surface area (Å²) in [6.07, 6.45) is 2.40. The summed E-state index contributed by atoms with van der Waals surface area (Å²) >= 11 is 1.50. The number of amides is 2. The van der Waals surface area contributed by atoms with Gasteiger partial charge in [0.15, 0.2) is 0 Å². The minimum absolute atomic E-state index is 0.142. The molecule has 5 nitrogen and oxygen atoms in total. The lowest BCUT2D eigenvalue weighted by atomic mass is 9.99. The molecular weight excluding hydrogens is 334 g/mol. The zero-order valence-corrected chi connectivity index (χ0v) is 14.1. The predicted octanol–water partition coefficient (Wildman–Crippen LogP) is 3.23. The fourth-order valence-corrected chi connectivity index (χ4v) is 3.41. The van der Waals surface area contributed by atoms with Gasteiger partial charge in [0.05, 0.1) is 12.1 Å². The number of hydrogen-bond acceptors (Lipinski definition) is 4. The molecule has 124 valence electrons. The Hall–Kier alpha value is -2.99. The maximum Gasteiger partial charge on any atom is 0.255 e. The summed E-state index contributed by atoms with van der Waals surface area (Å²) in [7, 11) is 0. The van der Waals surface area contributed by atoms with Crippen molar-refractivity contribution in [2.45, 2.75) is 13.0 Å². The molecule has 1 aliphatic rings. The van der Waals surface area contributed by atoms with E-state index in [-0.39, 0.29) is 11.8 Å². The minimum Gasteiger partial charge on any atom is -0.347 e. The standard InChI is InChI=1S/C19H15N3O2S/c23-18(21-10-15-9-20-11-25-15)14-6-5-13-7-12-3-1-2-4-16(12)19(24)22-17(13)8-14/h1-6,8-9,11H,7,10H2,(H,21,23)(H,22,24). The lowest BCUT2D eigenvalue weighted by molar-refractivity contribution is 0.0950. The van der Waals surface area contributed by atoms with Crippen molar-refractivity contribution in [2.75, 3.05) is 5.32 Å². The molecule has 0 saturated heterocycles. The van der Waals surface area contributed by atoms with Crippen LogP contribution in [0.25, 0.3) is 0 Å². The van der Waals surface area contributed by atoms with E-state index in [0.29, 0.717) is 29.8 Å². The molecule has 1 aliphatic heterocycles. The number of rotatable bonds is 3. The van der Waals surface area contributed by atoms with Crippen LogP contribution in [0.15, 0.2) is 54.2 Å². The summed E-state index contributed by atoms with van der Waals surface area (Å²) < 4.78 is 0. The first kappa shape index (κ1) is 15.5. The van der Waals surface area contributed by atoms with E-state index in [1.165, 1.54) is 11.3 Å². The molecule has 0 radical (unpaired) electrons. The van der Waals surface area contributed by atoms with Crippen LogP contribution in [0.1, 0.15) is 36.7 Å². The minimum atomic E-state index is -0.174. The number of carbonyl (C=O) groups excluding carboxylic acids is 2. The molecule has 2 heterocycles. The molecule has 0 atom stereocenters. The molecule has 0 saturated carbocycles. The van der Waals surface area contributed by atoms with E-state index in [4.69, 9.17) is 0 Å². The van der Waals surface area contributed by atoms with E-state index in [1.807, 2.05) is 30.3 Å². The largest absolute Gasteiger partial charge is 0.347 e. The van der Waals surface area contributed by atoms with Gasteiger partial charge in [0.25, 0.3) is 11.8 Å². The number of benzene rings is 2. The van der Waals surface area contributed by atoms with Crippen LogP contribution in [0.3, 0.4) is 0 Å². The van der Waals surface area contributed by atoms with Crippen molar-refractivity contribution in [3.63, 3.8) is 0 Å². The maximum absolute atomic E-state index is 12.4. The highest BCUT2D eigenvalue weighted by Crippen LogP contribution is 2.27. The summed E-state index contributed by atoms with van der Waals surface area (Å²) in [5.41, 5.74) is 5.60. The SMILES string of the molecule is O=C(NCc1cncs1)c1ccc2c(c1)NC(=O)c1ccccc1C2. The van der Waals surface area contributed by atoms with Crippen LogP contribution in [0, 0.1) is 0 Å². The summed E-state index contributed by atoms with van der Waals surface area (Å²) in [6, 6.07) is 13.0. The third-order valence-electron chi connectivity index (χ3n) is 4.17. The highest BCUT2D eigenvalue weighted by Gasteiger charge is 2.19. The quantitative estimate of drug-likeness (QED) is 0.763. The Bertz CT molecular complexity index is 951. The Labute approximate surface area is 148 Å². The fourth-order valence-electron chi connectivity index (χ4n) is 2.88. The summed E-state index contributed by atoms with van der Waals surface area (Å²) in [6.45, 7) is 0.443. The third kappa shape index (κ3) is 3.16. The second kappa shape index (κ2) is 6.49. The summed E-state index contributed by atoms with van der Waals surface area (Å²) in [4.78, 5) is 29.8. The lowest BCUT2D eigenvalue weighted by Crippen LogP contribution is -2.22. The highest BCUT2D eigenvalue weighted by molar-refractivity contribution is 7.09. The first-order chi connectivity index (χ1) is 12.2. The van der Waals surface area contributed by atoms with Gasteiger partial charge in [0.1, 0.15) is 0 Å². The normalized spacial score (nSPS) is 12.6. The number of thiazole rings is 1. The second-order valence-corrected chi connectivity index (χ2v) is 6.78. The second-order valence-electron chi connectivity index (χ2n) is 5.81. The van der Waals surface area contributed by atoms with Gasteiger partial charge < -0.3 is 10.6 Å². The zero-order chi connectivity index (χ0) is 17.2. The molecule has 0 fully saturated rings.